The number of carbonyl (C=O) groups excluding carboxylic acids is 1. The van der Waals surface area contributed by atoms with Crippen LogP contribution in [0.4, 0.5) is 13.2 Å². The number of amidine groups is 1. The van der Waals surface area contributed by atoms with Crippen molar-refractivity contribution < 1.29 is 18.0 Å². The van der Waals surface area contributed by atoms with Crippen LogP contribution in [0.1, 0.15) is 64.6 Å². The van der Waals surface area contributed by atoms with Gasteiger partial charge in [0.15, 0.2) is 5.69 Å². The number of nitrogens with two attached hydrogens (primary N) is 1. The molecule has 4 nitrogen and oxygen atoms in total. The monoisotopic (exact) mass is 371 g/mol. The minimum absolute atomic E-state index is 0.279. The summed E-state index contributed by atoms with van der Waals surface area (Å²) < 4.78 is 39.2. The maximum Gasteiger partial charge on any atom is 0.434 e. The highest BCUT2D eigenvalue weighted by atomic mass is 19.4. The van der Waals surface area contributed by atoms with Crippen LogP contribution >= 0.6 is 0 Å². The molecule has 146 valence electrons. The standard InChI is InChI=1S/C19H28F3N3O/c1-5-13(4)8-9-14(11-12(2)3)18(26)25-17(23)15-7-6-10-24-16(15)19(20,21)22/h6-7,10,12-14H,5,8-9,11H2,1-4H3,(H2,23,25,26). The average Bonchev–Trinajstić information content (AvgIpc) is 2.56. The van der Waals surface area contributed by atoms with Crippen LogP contribution in [0.15, 0.2) is 23.3 Å². The number of nitrogens with zero attached hydrogens (tertiary/aromatic N) is 2. The number of aromatic nitrogens is 1. The second kappa shape index (κ2) is 9.69. The molecule has 0 aliphatic rings. The average molecular weight is 371 g/mol. The molecule has 1 rings (SSSR count). The van der Waals surface area contributed by atoms with Crippen molar-refractivity contribution in [3.63, 3.8) is 0 Å². The molecule has 2 atom stereocenters. The van der Waals surface area contributed by atoms with Crippen LogP contribution in [0.2, 0.25) is 0 Å². The summed E-state index contributed by atoms with van der Waals surface area (Å²) >= 11 is 0. The Bertz CT molecular complexity index is 627. The molecule has 2 unspecified atom stereocenters. The smallest absolute Gasteiger partial charge is 0.383 e. The van der Waals surface area contributed by atoms with E-state index in [0.29, 0.717) is 18.8 Å². The number of hydrogen-bond donors (Lipinski definition) is 1. The van der Waals surface area contributed by atoms with E-state index in [2.05, 4.69) is 23.8 Å². The van der Waals surface area contributed by atoms with Crippen LogP contribution < -0.4 is 5.73 Å². The zero-order chi connectivity index (χ0) is 19.9. The van der Waals surface area contributed by atoms with E-state index in [1.165, 1.54) is 12.1 Å². The van der Waals surface area contributed by atoms with Gasteiger partial charge in [-0.3, -0.25) is 9.78 Å². The highest BCUT2D eigenvalue weighted by Crippen LogP contribution is 2.30. The van der Waals surface area contributed by atoms with E-state index in [1.807, 2.05) is 13.8 Å². The highest BCUT2D eigenvalue weighted by Gasteiger charge is 2.36. The van der Waals surface area contributed by atoms with Gasteiger partial charge in [-0.1, -0.05) is 34.1 Å². The van der Waals surface area contributed by atoms with Gasteiger partial charge in [0.2, 0.25) is 0 Å². The number of aliphatic imine (C=N–C) groups is 1. The molecule has 0 saturated carbocycles. The van der Waals surface area contributed by atoms with Gasteiger partial charge in [0.05, 0.1) is 0 Å². The molecule has 0 saturated heterocycles. The molecule has 0 radical (unpaired) electrons. The van der Waals surface area contributed by atoms with E-state index in [-0.39, 0.29) is 17.4 Å². The minimum atomic E-state index is -4.66. The Morgan fingerprint density at radius 3 is 2.46 bits per heavy atom. The first-order valence-electron chi connectivity index (χ1n) is 8.96. The molecule has 0 bridgehead atoms. The second-order valence-electron chi connectivity index (χ2n) is 7.15. The lowest BCUT2D eigenvalue weighted by Gasteiger charge is -2.18. The van der Waals surface area contributed by atoms with Crippen LogP contribution in [-0.2, 0) is 11.0 Å². The fourth-order valence-corrected chi connectivity index (χ4v) is 2.71. The van der Waals surface area contributed by atoms with Crippen molar-refractivity contribution >= 4 is 11.7 Å². The molecule has 1 heterocycles. The predicted octanol–water partition coefficient (Wildman–Crippen LogP) is 4.82. The van der Waals surface area contributed by atoms with Gasteiger partial charge in [0.25, 0.3) is 5.91 Å². The van der Waals surface area contributed by atoms with Gasteiger partial charge in [0.1, 0.15) is 5.84 Å². The molecule has 2 N–H and O–H groups in total. The Morgan fingerprint density at radius 2 is 1.92 bits per heavy atom. The molecule has 0 fully saturated rings. The number of hydrogen-bond acceptors (Lipinski definition) is 2. The van der Waals surface area contributed by atoms with Crippen LogP contribution in [0.5, 0.6) is 0 Å². The number of rotatable bonds is 8. The SMILES string of the molecule is CCC(C)CCC(CC(C)C)C(=O)N=C(N)c1cccnc1C(F)(F)F. The number of halogens is 3. The van der Waals surface area contributed by atoms with Crippen molar-refractivity contribution in [2.45, 2.75) is 59.6 Å². The quantitative estimate of drug-likeness (QED) is 0.526. The largest absolute Gasteiger partial charge is 0.434 e. The third kappa shape index (κ3) is 6.77. The van der Waals surface area contributed by atoms with E-state index in [9.17, 15) is 18.0 Å². The second-order valence-corrected chi connectivity index (χ2v) is 7.15. The van der Waals surface area contributed by atoms with Gasteiger partial charge in [-0.2, -0.15) is 18.2 Å². The van der Waals surface area contributed by atoms with Crippen molar-refractivity contribution in [2.75, 3.05) is 0 Å². The normalized spacial score (nSPS) is 15.2. The molecule has 1 aromatic heterocycles. The summed E-state index contributed by atoms with van der Waals surface area (Å²) in [6.07, 6.45) is -0.454. The van der Waals surface area contributed by atoms with Crippen molar-refractivity contribution in [1.29, 1.82) is 0 Å². The number of carbonyl (C=O) groups is 1. The summed E-state index contributed by atoms with van der Waals surface area (Å²) in [4.78, 5) is 19.7. The molecule has 26 heavy (non-hydrogen) atoms. The lowest BCUT2D eigenvalue weighted by Crippen LogP contribution is -2.25. The summed E-state index contributed by atoms with van der Waals surface area (Å²) in [5.41, 5.74) is 4.24. The van der Waals surface area contributed by atoms with Crippen molar-refractivity contribution in [3.05, 3.63) is 29.6 Å². The third-order valence-corrected chi connectivity index (χ3v) is 4.39. The van der Waals surface area contributed by atoms with Gasteiger partial charge in [-0.25, -0.2) is 0 Å². The van der Waals surface area contributed by atoms with Gasteiger partial charge in [0, 0.05) is 17.7 Å². The van der Waals surface area contributed by atoms with E-state index < -0.39 is 23.6 Å². The molecular formula is C19H28F3N3O. The Labute approximate surface area is 153 Å². The molecule has 7 heteroatoms. The molecule has 0 aliphatic carbocycles. The summed E-state index contributed by atoms with van der Waals surface area (Å²) in [6, 6.07) is 2.52. The Hall–Kier alpha value is -1.92. The topological polar surface area (TPSA) is 68.3 Å². The van der Waals surface area contributed by atoms with Gasteiger partial charge >= 0.3 is 6.18 Å². The lowest BCUT2D eigenvalue weighted by molar-refractivity contribution is -0.141. The van der Waals surface area contributed by atoms with Crippen LogP contribution in [-0.4, -0.2) is 16.7 Å². The molecule has 0 spiro atoms. The van der Waals surface area contributed by atoms with Crippen molar-refractivity contribution in [3.8, 4) is 0 Å². The summed E-state index contributed by atoms with van der Waals surface area (Å²) in [7, 11) is 0. The fraction of sp³-hybridized carbons (Fsp3) is 0.632. The molecule has 1 aromatic rings. The van der Waals surface area contributed by atoms with Crippen LogP contribution in [0.25, 0.3) is 0 Å². The molecule has 0 aromatic carbocycles. The minimum Gasteiger partial charge on any atom is -0.383 e. The van der Waals surface area contributed by atoms with Crippen molar-refractivity contribution in [1.82, 2.24) is 4.98 Å². The predicted molar refractivity (Wildman–Crippen MR) is 96.6 cm³/mol. The van der Waals surface area contributed by atoms with E-state index >= 15 is 0 Å². The number of pyridine rings is 1. The van der Waals surface area contributed by atoms with Gasteiger partial charge in [-0.15, -0.1) is 0 Å². The maximum absolute atomic E-state index is 13.1. The summed E-state index contributed by atoms with van der Waals surface area (Å²) in [6.45, 7) is 8.19. The molecular weight excluding hydrogens is 343 g/mol. The zero-order valence-electron chi connectivity index (χ0n) is 15.8. The van der Waals surface area contributed by atoms with E-state index in [1.54, 1.807) is 0 Å². The number of alkyl halides is 3. The van der Waals surface area contributed by atoms with Gasteiger partial charge < -0.3 is 5.73 Å². The molecule has 0 aliphatic heterocycles. The van der Waals surface area contributed by atoms with Gasteiger partial charge in [-0.05, 0) is 43.2 Å². The number of amides is 1. The van der Waals surface area contributed by atoms with Crippen molar-refractivity contribution in [2.24, 2.45) is 28.5 Å². The highest BCUT2D eigenvalue weighted by molar-refractivity contribution is 6.05. The first-order valence-corrected chi connectivity index (χ1v) is 8.96. The third-order valence-electron chi connectivity index (χ3n) is 4.39. The maximum atomic E-state index is 13.1. The van der Waals surface area contributed by atoms with E-state index in [0.717, 1.165) is 19.0 Å². The zero-order valence-corrected chi connectivity index (χ0v) is 15.8. The Balaban J connectivity index is 3.05. The Morgan fingerprint density at radius 1 is 1.27 bits per heavy atom. The Kier molecular flexibility index (Phi) is 8.24. The summed E-state index contributed by atoms with van der Waals surface area (Å²) in [5, 5.41) is 0. The van der Waals surface area contributed by atoms with Crippen LogP contribution in [0, 0.1) is 17.8 Å². The van der Waals surface area contributed by atoms with Crippen LogP contribution in [0.3, 0.4) is 0 Å². The summed E-state index contributed by atoms with van der Waals surface area (Å²) in [5.74, 6) is -0.479. The first kappa shape index (κ1) is 22.1. The first-order chi connectivity index (χ1) is 12.1. The molecule has 1 amide bonds. The van der Waals surface area contributed by atoms with E-state index in [4.69, 9.17) is 5.73 Å². The lowest BCUT2D eigenvalue weighted by atomic mass is 9.89. The fourth-order valence-electron chi connectivity index (χ4n) is 2.71.